The predicted octanol–water partition coefficient (Wildman–Crippen LogP) is 2.33. The van der Waals surface area contributed by atoms with Crippen LogP contribution in [0.3, 0.4) is 0 Å². The molecule has 106 valence electrons. The standard InChI is InChI=1S/C16H27N3/c1-4-19-11-5-6-16(19)13-17-12-14-7-9-15(10-8-14)18(2)3/h7-10,16-17H,4-6,11-13H2,1-3H3/t16-/m0/s1. The van der Waals surface area contributed by atoms with Crippen LogP contribution in [0.5, 0.6) is 0 Å². The Labute approximate surface area is 117 Å². The number of nitrogens with zero attached hydrogens (tertiary/aromatic N) is 2. The summed E-state index contributed by atoms with van der Waals surface area (Å²) >= 11 is 0. The van der Waals surface area contributed by atoms with E-state index in [0.717, 1.165) is 19.1 Å². The first-order chi connectivity index (χ1) is 9.20. The molecule has 0 unspecified atom stereocenters. The molecular weight excluding hydrogens is 234 g/mol. The molecule has 0 aromatic heterocycles. The van der Waals surface area contributed by atoms with Gasteiger partial charge in [0.15, 0.2) is 0 Å². The van der Waals surface area contributed by atoms with E-state index in [1.807, 2.05) is 0 Å². The van der Waals surface area contributed by atoms with Gasteiger partial charge in [0.1, 0.15) is 0 Å². The number of hydrogen-bond acceptors (Lipinski definition) is 3. The van der Waals surface area contributed by atoms with Crippen molar-refractivity contribution in [1.82, 2.24) is 10.2 Å². The highest BCUT2D eigenvalue weighted by molar-refractivity contribution is 5.45. The van der Waals surface area contributed by atoms with Crippen LogP contribution < -0.4 is 10.2 Å². The van der Waals surface area contributed by atoms with E-state index in [9.17, 15) is 0 Å². The van der Waals surface area contributed by atoms with Crippen molar-refractivity contribution in [3.63, 3.8) is 0 Å². The van der Waals surface area contributed by atoms with Gasteiger partial charge in [0, 0.05) is 38.9 Å². The minimum atomic E-state index is 0.742. The van der Waals surface area contributed by atoms with Gasteiger partial charge in [-0.2, -0.15) is 0 Å². The molecule has 1 aromatic rings. The van der Waals surface area contributed by atoms with Gasteiger partial charge >= 0.3 is 0 Å². The average molecular weight is 261 g/mol. The minimum Gasteiger partial charge on any atom is -0.378 e. The summed E-state index contributed by atoms with van der Waals surface area (Å²) in [7, 11) is 4.15. The molecule has 1 heterocycles. The van der Waals surface area contributed by atoms with Crippen molar-refractivity contribution in [2.45, 2.75) is 32.4 Å². The lowest BCUT2D eigenvalue weighted by molar-refractivity contribution is 0.260. The van der Waals surface area contributed by atoms with E-state index in [0.29, 0.717) is 0 Å². The van der Waals surface area contributed by atoms with Crippen molar-refractivity contribution >= 4 is 5.69 Å². The molecule has 1 saturated heterocycles. The maximum absolute atomic E-state index is 3.60. The maximum atomic E-state index is 3.60. The molecule has 0 amide bonds. The summed E-state index contributed by atoms with van der Waals surface area (Å²) in [4.78, 5) is 4.72. The Kier molecular flexibility index (Phi) is 5.23. The first-order valence-electron chi connectivity index (χ1n) is 7.41. The summed E-state index contributed by atoms with van der Waals surface area (Å²) in [5.41, 5.74) is 2.63. The van der Waals surface area contributed by atoms with Gasteiger partial charge in [-0.15, -0.1) is 0 Å². The highest BCUT2D eigenvalue weighted by atomic mass is 15.2. The lowest BCUT2D eigenvalue weighted by Gasteiger charge is -2.23. The molecule has 0 spiro atoms. The minimum absolute atomic E-state index is 0.742. The summed E-state index contributed by atoms with van der Waals surface area (Å²) in [5.74, 6) is 0. The zero-order chi connectivity index (χ0) is 13.7. The van der Waals surface area contributed by atoms with Crippen molar-refractivity contribution in [3.8, 4) is 0 Å². The molecule has 1 N–H and O–H groups in total. The van der Waals surface area contributed by atoms with Crippen LogP contribution in [-0.2, 0) is 6.54 Å². The lowest BCUT2D eigenvalue weighted by atomic mass is 10.2. The Morgan fingerprint density at radius 3 is 2.63 bits per heavy atom. The average Bonchev–Trinajstić information content (AvgIpc) is 2.87. The van der Waals surface area contributed by atoms with Crippen molar-refractivity contribution in [2.75, 3.05) is 38.6 Å². The van der Waals surface area contributed by atoms with E-state index >= 15 is 0 Å². The number of hydrogen-bond donors (Lipinski definition) is 1. The highest BCUT2D eigenvalue weighted by Crippen LogP contribution is 2.16. The van der Waals surface area contributed by atoms with Crippen LogP contribution in [-0.4, -0.2) is 44.7 Å². The highest BCUT2D eigenvalue weighted by Gasteiger charge is 2.21. The number of likely N-dealkylation sites (tertiary alicyclic amines) is 1. The van der Waals surface area contributed by atoms with Crippen LogP contribution in [0.1, 0.15) is 25.3 Å². The molecule has 3 heteroatoms. The Hall–Kier alpha value is -1.06. The van der Waals surface area contributed by atoms with Crippen LogP contribution in [0.2, 0.25) is 0 Å². The molecule has 1 atom stereocenters. The zero-order valence-corrected chi connectivity index (χ0v) is 12.5. The molecule has 0 bridgehead atoms. The SMILES string of the molecule is CCN1CCC[C@H]1CNCc1ccc(N(C)C)cc1. The maximum Gasteiger partial charge on any atom is 0.0361 e. The molecule has 3 nitrogen and oxygen atoms in total. The molecule has 2 rings (SSSR count). The summed E-state index contributed by atoms with van der Waals surface area (Å²) in [6.45, 7) is 6.81. The van der Waals surface area contributed by atoms with E-state index in [4.69, 9.17) is 0 Å². The van der Waals surface area contributed by atoms with Gasteiger partial charge in [-0.3, -0.25) is 4.90 Å². The summed E-state index contributed by atoms with van der Waals surface area (Å²) in [6.07, 6.45) is 2.71. The molecular formula is C16H27N3. The first-order valence-corrected chi connectivity index (χ1v) is 7.41. The predicted molar refractivity (Wildman–Crippen MR) is 82.7 cm³/mol. The number of nitrogens with one attached hydrogen (secondary N) is 1. The molecule has 19 heavy (non-hydrogen) atoms. The Morgan fingerprint density at radius 1 is 1.26 bits per heavy atom. The fraction of sp³-hybridized carbons (Fsp3) is 0.625. The number of likely N-dealkylation sites (N-methyl/N-ethyl adjacent to an activating group) is 1. The van der Waals surface area contributed by atoms with Gasteiger partial charge < -0.3 is 10.2 Å². The summed E-state index contributed by atoms with van der Waals surface area (Å²) in [6, 6.07) is 9.55. The van der Waals surface area contributed by atoms with E-state index < -0.39 is 0 Å². The number of rotatable bonds is 6. The zero-order valence-electron chi connectivity index (χ0n) is 12.5. The molecule has 0 aliphatic carbocycles. The topological polar surface area (TPSA) is 18.5 Å². The quantitative estimate of drug-likeness (QED) is 0.848. The molecule has 0 saturated carbocycles. The second kappa shape index (κ2) is 6.92. The van der Waals surface area contributed by atoms with E-state index in [1.165, 1.54) is 37.2 Å². The molecule has 1 aliphatic heterocycles. The van der Waals surface area contributed by atoms with Gasteiger partial charge in [0.25, 0.3) is 0 Å². The second-order valence-electron chi connectivity index (χ2n) is 5.62. The van der Waals surface area contributed by atoms with Crippen LogP contribution in [0.4, 0.5) is 5.69 Å². The smallest absolute Gasteiger partial charge is 0.0361 e. The van der Waals surface area contributed by atoms with Crippen molar-refractivity contribution < 1.29 is 0 Å². The Bertz CT molecular complexity index is 372. The molecule has 1 aliphatic rings. The normalized spacial score (nSPS) is 19.8. The fourth-order valence-corrected chi connectivity index (χ4v) is 2.84. The number of anilines is 1. The molecule has 0 radical (unpaired) electrons. The van der Waals surface area contributed by atoms with Gasteiger partial charge in [-0.25, -0.2) is 0 Å². The van der Waals surface area contributed by atoms with Gasteiger partial charge in [0.2, 0.25) is 0 Å². The van der Waals surface area contributed by atoms with Crippen LogP contribution in [0.15, 0.2) is 24.3 Å². The van der Waals surface area contributed by atoms with Gasteiger partial charge in [-0.1, -0.05) is 19.1 Å². The third kappa shape index (κ3) is 3.95. The fourth-order valence-electron chi connectivity index (χ4n) is 2.84. The first kappa shape index (κ1) is 14.4. The van der Waals surface area contributed by atoms with Crippen molar-refractivity contribution in [3.05, 3.63) is 29.8 Å². The Morgan fingerprint density at radius 2 is 2.00 bits per heavy atom. The summed E-state index contributed by atoms with van der Waals surface area (Å²) in [5, 5.41) is 3.60. The van der Waals surface area contributed by atoms with Crippen molar-refractivity contribution in [2.24, 2.45) is 0 Å². The van der Waals surface area contributed by atoms with Crippen LogP contribution in [0, 0.1) is 0 Å². The van der Waals surface area contributed by atoms with Gasteiger partial charge in [-0.05, 0) is 43.6 Å². The lowest BCUT2D eigenvalue weighted by Crippen LogP contribution is -2.37. The second-order valence-corrected chi connectivity index (χ2v) is 5.62. The van der Waals surface area contributed by atoms with E-state index in [1.54, 1.807) is 0 Å². The largest absolute Gasteiger partial charge is 0.378 e. The third-order valence-electron chi connectivity index (χ3n) is 4.07. The molecule has 1 fully saturated rings. The van der Waals surface area contributed by atoms with Crippen LogP contribution in [0.25, 0.3) is 0 Å². The Balaban J connectivity index is 1.76. The van der Waals surface area contributed by atoms with E-state index in [-0.39, 0.29) is 0 Å². The van der Waals surface area contributed by atoms with Crippen LogP contribution >= 0.6 is 0 Å². The number of benzene rings is 1. The van der Waals surface area contributed by atoms with Gasteiger partial charge in [0.05, 0.1) is 0 Å². The monoisotopic (exact) mass is 261 g/mol. The summed E-state index contributed by atoms with van der Waals surface area (Å²) < 4.78 is 0. The molecule has 1 aromatic carbocycles. The van der Waals surface area contributed by atoms with E-state index in [2.05, 4.69) is 60.4 Å². The third-order valence-corrected chi connectivity index (χ3v) is 4.07. The van der Waals surface area contributed by atoms with Crippen molar-refractivity contribution in [1.29, 1.82) is 0 Å².